The number of ether oxygens (including phenoxy) is 7. The summed E-state index contributed by atoms with van der Waals surface area (Å²) in [6, 6.07) is 19.5. The maximum Gasteiger partial charge on any atom is 0.189 e. The van der Waals surface area contributed by atoms with Crippen LogP contribution in [0.1, 0.15) is 23.8 Å². The van der Waals surface area contributed by atoms with Crippen LogP contribution < -0.4 is 0 Å². The third-order valence-electron chi connectivity index (χ3n) is 6.30. The molecule has 178 valence electrons. The van der Waals surface area contributed by atoms with Crippen LogP contribution in [-0.4, -0.2) is 68.5 Å². The van der Waals surface area contributed by atoms with Gasteiger partial charge >= 0.3 is 0 Å². The van der Waals surface area contributed by atoms with Crippen molar-refractivity contribution in [1.82, 2.24) is 0 Å². The number of methoxy groups -OCH3 is 1. The average Bonchev–Trinajstić information content (AvgIpc) is 3.36. The Labute approximate surface area is 193 Å². The third kappa shape index (κ3) is 4.84. The zero-order valence-electron chi connectivity index (χ0n) is 18.6. The van der Waals surface area contributed by atoms with Gasteiger partial charge in [0.2, 0.25) is 0 Å². The molecule has 6 atom stereocenters. The van der Waals surface area contributed by atoms with Crippen molar-refractivity contribution in [1.29, 1.82) is 0 Å². The second-order valence-corrected chi connectivity index (χ2v) is 8.50. The first-order valence-corrected chi connectivity index (χ1v) is 11.3. The zero-order chi connectivity index (χ0) is 22.7. The second-order valence-electron chi connectivity index (χ2n) is 8.50. The Kier molecular flexibility index (Phi) is 7.05. The van der Waals surface area contributed by atoms with Gasteiger partial charge in [-0.1, -0.05) is 60.7 Å². The lowest BCUT2D eigenvalue weighted by Crippen LogP contribution is -2.70. The summed E-state index contributed by atoms with van der Waals surface area (Å²) in [5.41, 5.74) is 0.299. The number of benzene rings is 2. The summed E-state index contributed by atoms with van der Waals surface area (Å²) in [6.07, 6.45) is -3.86. The first-order chi connectivity index (χ1) is 16.2. The third-order valence-corrected chi connectivity index (χ3v) is 6.30. The standard InChI is InChI=1S/C25H30O8/c1-27-24-25(26,14-20-28-12-13-29-20)22(30-15-17-8-4-2-5-9-17)21-19(32-24)16-31-23(33-21)18-10-6-3-7-11-18/h2-11,19-24,26H,12-16H2,1H3/t19-,21-,22+,23-,24+,25-/m1/s1. The number of rotatable bonds is 7. The first kappa shape index (κ1) is 22.9. The molecule has 0 unspecified atom stereocenters. The van der Waals surface area contributed by atoms with Gasteiger partial charge in [0.05, 0.1) is 26.4 Å². The summed E-state index contributed by atoms with van der Waals surface area (Å²) in [7, 11) is 1.50. The van der Waals surface area contributed by atoms with E-state index in [4.69, 9.17) is 33.2 Å². The molecule has 33 heavy (non-hydrogen) atoms. The van der Waals surface area contributed by atoms with E-state index in [0.717, 1.165) is 11.1 Å². The molecule has 1 N–H and O–H groups in total. The smallest absolute Gasteiger partial charge is 0.189 e. The summed E-state index contributed by atoms with van der Waals surface area (Å²) in [5.74, 6) is 0. The van der Waals surface area contributed by atoms with E-state index in [2.05, 4.69) is 0 Å². The van der Waals surface area contributed by atoms with Gasteiger partial charge in [0.15, 0.2) is 18.9 Å². The van der Waals surface area contributed by atoms with E-state index in [9.17, 15) is 5.11 Å². The van der Waals surface area contributed by atoms with Crippen LogP contribution in [0, 0.1) is 0 Å². The fraction of sp³-hybridized carbons (Fsp3) is 0.520. The van der Waals surface area contributed by atoms with Gasteiger partial charge in [-0.05, 0) is 5.56 Å². The van der Waals surface area contributed by atoms with Gasteiger partial charge in [0.25, 0.3) is 0 Å². The highest BCUT2D eigenvalue weighted by Crippen LogP contribution is 2.42. The molecule has 0 radical (unpaired) electrons. The minimum atomic E-state index is -1.57. The van der Waals surface area contributed by atoms with Gasteiger partial charge in [0.1, 0.15) is 23.9 Å². The van der Waals surface area contributed by atoms with E-state index in [1.165, 1.54) is 7.11 Å². The normalized spacial score (nSPS) is 34.8. The van der Waals surface area contributed by atoms with Gasteiger partial charge < -0.3 is 38.3 Å². The predicted molar refractivity (Wildman–Crippen MR) is 116 cm³/mol. The fourth-order valence-corrected chi connectivity index (χ4v) is 4.67. The van der Waals surface area contributed by atoms with Crippen molar-refractivity contribution < 1.29 is 38.3 Å². The van der Waals surface area contributed by atoms with Crippen molar-refractivity contribution >= 4 is 0 Å². The lowest BCUT2D eigenvalue weighted by molar-refractivity contribution is -0.395. The Bertz CT molecular complexity index is 874. The highest BCUT2D eigenvalue weighted by atomic mass is 16.8. The van der Waals surface area contributed by atoms with E-state index in [1.54, 1.807) is 0 Å². The maximum absolute atomic E-state index is 12.0. The average molecular weight is 459 g/mol. The molecule has 3 saturated heterocycles. The molecule has 8 heteroatoms. The van der Waals surface area contributed by atoms with Crippen molar-refractivity contribution in [3.63, 3.8) is 0 Å². The van der Waals surface area contributed by atoms with Crippen LogP contribution in [0.4, 0.5) is 0 Å². The molecule has 0 saturated carbocycles. The molecule has 0 aromatic heterocycles. The molecule has 5 rings (SSSR count). The summed E-state index contributed by atoms with van der Waals surface area (Å²) < 4.78 is 41.7. The van der Waals surface area contributed by atoms with Crippen molar-refractivity contribution in [2.75, 3.05) is 26.9 Å². The van der Waals surface area contributed by atoms with Crippen LogP contribution >= 0.6 is 0 Å². The molecule has 0 amide bonds. The van der Waals surface area contributed by atoms with Crippen LogP contribution in [0.3, 0.4) is 0 Å². The van der Waals surface area contributed by atoms with Crippen LogP contribution in [0.25, 0.3) is 0 Å². The van der Waals surface area contributed by atoms with Gasteiger partial charge in [-0.2, -0.15) is 0 Å². The molecular formula is C25H30O8. The Morgan fingerprint density at radius 3 is 2.33 bits per heavy atom. The molecule has 3 aliphatic heterocycles. The fourth-order valence-electron chi connectivity index (χ4n) is 4.67. The van der Waals surface area contributed by atoms with Crippen molar-refractivity contribution in [2.45, 2.75) is 55.8 Å². The van der Waals surface area contributed by atoms with Crippen molar-refractivity contribution in [2.24, 2.45) is 0 Å². The number of fused-ring (bicyclic) bond motifs is 1. The molecule has 3 heterocycles. The topological polar surface area (TPSA) is 84.8 Å². The number of aliphatic hydroxyl groups is 1. The van der Waals surface area contributed by atoms with Gasteiger partial charge in [0, 0.05) is 19.1 Å². The van der Waals surface area contributed by atoms with Gasteiger partial charge in [-0.15, -0.1) is 0 Å². The lowest BCUT2D eigenvalue weighted by atomic mass is 9.82. The van der Waals surface area contributed by atoms with E-state index in [-0.39, 0.29) is 13.0 Å². The second kappa shape index (κ2) is 10.2. The highest BCUT2D eigenvalue weighted by Gasteiger charge is 2.60. The quantitative estimate of drug-likeness (QED) is 0.678. The Morgan fingerprint density at radius 1 is 0.939 bits per heavy atom. The molecule has 0 spiro atoms. The molecule has 8 nitrogen and oxygen atoms in total. The molecular weight excluding hydrogens is 428 g/mol. The summed E-state index contributed by atoms with van der Waals surface area (Å²) in [5, 5.41) is 12.0. The Balaban J connectivity index is 1.44. The van der Waals surface area contributed by atoms with Crippen LogP contribution in [0.2, 0.25) is 0 Å². The van der Waals surface area contributed by atoms with Gasteiger partial charge in [-0.3, -0.25) is 0 Å². The molecule has 3 fully saturated rings. The molecule has 0 bridgehead atoms. The van der Waals surface area contributed by atoms with Crippen LogP contribution in [0.15, 0.2) is 60.7 Å². The summed E-state index contributed by atoms with van der Waals surface area (Å²) in [6.45, 7) is 1.52. The van der Waals surface area contributed by atoms with Crippen molar-refractivity contribution in [3.05, 3.63) is 71.8 Å². The van der Waals surface area contributed by atoms with Crippen LogP contribution in [-0.2, 0) is 39.8 Å². The SMILES string of the molecule is CO[C@H]1O[C@@H]2CO[C@@H](c3ccccc3)O[C@H]2[C@H](OCc2ccccc2)[C@]1(O)CC1OCCO1. The Morgan fingerprint density at radius 2 is 1.64 bits per heavy atom. The number of hydrogen-bond donors (Lipinski definition) is 1. The molecule has 0 aliphatic carbocycles. The predicted octanol–water partition coefficient (Wildman–Crippen LogP) is 2.55. The Hall–Kier alpha value is -1.88. The number of hydrogen-bond acceptors (Lipinski definition) is 8. The minimum Gasteiger partial charge on any atom is -0.382 e. The minimum absolute atomic E-state index is 0.119. The maximum atomic E-state index is 12.0. The monoisotopic (exact) mass is 458 g/mol. The first-order valence-electron chi connectivity index (χ1n) is 11.3. The van der Waals surface area contributed by atoms with E-state index < -0.39 is 42.8 Å². The molecule has 3 aliphatic rings. The van der Waals surface area contributed by atoms with E-state index >= 15 is 0 Å². The summed E-state index contributed by atoms with van der Waals surface area (Å²) >= 11 is 0. The molecule has 2 aromatic carbocycles. The largest absolute Gasteiger partial charge is 0.382 e. The van der Waals surface area contributed by atoms with E-state index in [1.807, 2.05) is 60.7 Å². The lowest BCUT2D eigenvalue weighted by Gasteiger charge is -2.53. The van der Waals surface area contributed by atoms with Gasteiger partial charge in [-0.25, -0.2) is 0 Å². The molecule has 2 aromatic rings. The van der Waals surface area contributed by atoms with Crippen LogP contribution in [0.5, 0.6) is 0 Å². The zero-order valence-corrected chi connectivity index (χ0v) is 18.6. The van der Waals surface area contributed by atoms with E-state index in [0.29, 0.717) is 19.8 Å². The highest BCUT2D eigenvalue weighted by molar-refractivity contribution is 5.17. The summed E-state index contributed by atoms with van der Waals surface area (Å²) in [4.78, 5) is 0. The van der Waals surface area contributed by atoms with Crippen molar-refractivity contribution in [3.8, 4) is 0 Å².